The third-order valence-electron chi connectivity index (χ3n) is 2.90. The van der Waals surface area contributed by atoms with Crippen molar-refractivity contribution in [2.75, 3.05) is 24.3 Å². The molecule has 0 aliphatic rings. The number of nitrogens with one attached hydrogen (secondary N) is 2. The van der Waals surface area contributed by atoms with Crippen LogP contribution < -0.4 is 15.4 Å². The van der Waals surface area contributed by atoms with Crippen molar-refractivity contribution in [1.29, 1.82) is 0 Å². The van der Waals surface area contributed by atoms with Gasteiger partial charge in [0.1, 0.15) is 5.75 Å². The molecule has 2 rings (SSSR count). The van der Waals surface area contributed by atoms with Crippen LogP contribution >= 0.6 is 11.6 Å². The van der Waals surface area contributed by atoms with E-state index in [0.29, 0.717) is 16.5 Å². The lowest BCUT2D eigenvalue weighted by Gasteiger charge is -2.12. The van der Waals surface area contributed by atoms with Crippen molar-refractivity contribution in [3.05, 3.63) is 53.1 Å². The van der Waals surface area contributed by atoms with Crippen LogP contribution in [0.5, 0.6) is 5.75 Å². The Morgan fingerprint density at radius 1 is 1.24 bits per heavy atom. The summed E-state index contributed by atoms with van der Waals surface area (Å²) in [7, 11) is 1.60. The molecule has 2 aromatic carbocycles. The predicted molar refractivity (Wildman–Crippen MR) is 86.3 cm³/mol. The standard InChI is InChI=1S/C16H17ClN2O2/c1-11-6-7-15(21-2)14(8-11)18-10-16(20)19-13-5-3-4-12(17)9-13/h3-9,18H,10H2,1-2H3,(H,19,20). The molecule has 0 fully saturated rings. The van der Waals surface area contributed by atoms with Gasteiger partial charge in [0.05, 0.1) is 19.3 Å². The molecule has 5 heteroatoms. The highest BCUT2D eigenvalue weighted by atomic mass is 35.5. The molecule has 0 bridgehead atoms. The zero-order chi connectivity index (χ0) is 15.2. The Kier molecular flexibility index (Phi) is 5.06. The third-order valence-corrected chi connectivity index (χ3v) is 3.14. The van der Waals surface area contributed by atoms with Crippen molar-refractivity contribution in [3.63, 3.8) is 0 Å². The van der Waals surface area contributed by atoms with Crippen molar-refractivity contribution in [2.45, 2.75) is 6.92 Å². The molecule has 0 unspecified atom stereocenters. The first kappa shape index (κ1) is 15.2. The molecule has 0 aromatic heterocycles. The maximum Gasteiger partial charge on any atom is 0.243 e. The van der Waals surface area contributed by atoms with Crippen LogP contribution in [-0.4, -0.2) is 19.6 Å². The average molecular weight is 305 g/mol. The molecule has 2 N–H and O–H groups in total. The maximum atomic E-state index is 11.9. The SMILES string of the molecule is COc1ccc(C)cc1NCC(=O)Nc1cccc(Cl)c1. The lowest BCUT2D eigenvalue weighted by Crippen LogP contribution is -2.22. The molecule has 1 amide bonds. The molecule has 2 aromatic rings. The van der Waals surface area contributed by atoms with Crippen molar-refractivity contribution in [1.82, 2.24) is 0 Å². The number of amides is 1. The normalized spacial score (nSPS) is 10.0. The van der Waals surface area contributed by atoms with Gasteiger partial charge in [0.25, 0.3) is 0 Å². The smallest absolute Gasteiger partial charge is 0.243 e. The summed E-state index contributed by atoms with van der Waals surface area (Å²) in [6.07, 6.45) is 0. The van der Waals surface area contributed by atoms with Crippen LogP contribution in [0.3, 0.4) is 0 Å². The van der Waals surface area contributed by atoms with E-state index in [-0.39, 0.29) is 12.5 Å². The minimum Gasteiger partial charge on any atom is -0.495 e. The van der Waals surface area contributed by atoms with Crippen LogP contribution in [0.1, 0.15) is 5.56 Å². The summed E-state index contributed by atoms with van der Waals surface area (Å²) < 4.78 is 5.25. The van der Waals surface area contributed by atoms with Gasteiger partial charge in [-0.1, -0.05) is 23.7 Å². The van der Waals surface area contributed by atoms with E-state index in [0.717, 1.165) is 11.3 Å². The summed E-state index contributed by atoms with van der Waals surface area (Å²) in [6, 6.07) is 12.8. The molecule has 0 aliphatic carbocycles. The first-order valence-corrected chi connectivity index (χ1v) is 6.90. The zero-order valence-corrected chi connectivity index (χ0v) is 12.7. The number of rotatable bonds is 5. The van der Waals surface area contributed by atoms with E-state index >= 15 is 0 Å². The Labute approximate surface area is 129 Å². The van der Waals surface area contributed by atoms with Crippen molar-refractivity contribution >= 4 is 28.9 Å². The molecule has 0 saturated carbocycles. The molecule has 0 heterocycles. The first-order chi connectivity index (χ1) is 10.1. The highest BCUT2D eigenvalue weighted by Gasteiger charge is 2.06. The van der Waals surface area contributed by atoms with Crippen molar-refractivity contribution in [2.24, 2.45) is 0 Å². The topological polar surface area (TPSA) is 50.4 Å². The van der Waals surface area contributed by atoms with Crippen LogP contribution in [0.25, 0.3) is 0 Å². The van der Waals surface area contributed by atoms with Gasteiger partial charge in [-0.05, 0) is 42.8 Å². The van der Waals surface area contributed by atoms with E-state index < -0.39 is 0 Å². The van der Waals surface area contributed by atoms with Gasteiger partial charge in [-0.3, -0.25) is 4.79 Å². The molecule has 0 spiro atoms. The highest BCUT2D eigenvalue weighted by Crippen LogP contribution is 2.24. The Hall–Kier alpha value is -2.20. The van der Waals surface area contributed by atoms with E-state index in [4.69, 9.17) is 16.3 Å². The summed E-state index contributed by atoms with van der Waals surface area (Å²) in [5.74, 6) is 0.553. The van der Waals surface area contributed by atoms with E-state index in [1.165, 1.54) is 0 Å². The van der Waals surface area contributed by atoms with Crippen LogP contribution in [-0.2, 0) is 4.79 Å². The molecular weight excluding hydrogens is 288 g/mol. The van der Waals surface area contributed by atoms with E-state index in [9.17, 15) is 4.79 Å². The van der Waals surface area contributed by atoms with Gasteiger partial charge in [-0.15, -0.1) is 0 Å². The molecular formula is C16H17ClN2O2. The monoisotopic (exact) mass is 304 g/mol. The van der Waals surface area contributed by atoms with E-state index in [1.54, 1.807) is 31.4 Å². The number of ether oxygens (including phenoxy) is 1. The fourth-order valence-electron chi connectivity index (χ4n) is 1.91. The Morgan fingerprint density at radius 2 is 2.05 bits per heavy atom. The van der Waals surface area contributed by atoms with Crippen LogP contribution in [0.2, 0.25) is 5.02 Å². The summed E-state index contributed by atoms with van der Waals surface area (Å²) in [4.78, 5) is 11.9. The lowest BCUT2D eigenvalue weighted by molar-refractivity contribution is -0.114. The number of benzene rings is 2. The Bertz CT molecular complexity index is 644. The van der Waals surface area contributed by atoms with Gasteiger partial charge >= 0.3 is 0 Å². The predicted octanol–water partition coefficient (Wildman–Crippen LogP) is 3.71. The van der Waals surface area contributed by atoms with Gasteiger partial charge in [-0.25, -0.2) is 0 Å². The summed E-state index contributed by atoms with van der Waals surface area (Å²) >= 11 is 5.87. The second-order valence-electron chi connectivity index (χ2n) is 4.62. The number of carbonyl (C=O) groups excluding carboxylic acids is 1. The van der Waals surface area contributed by atoms with Gasteiger partial charge in [0.15, 0.2) is 0 Å². The van der Waals surface area contributed by atoms with Gasteiger partial charge in [0.2, 0.25) is 5.91 Å². The zero-order valence-electron chi connectivity index (χ0n) is 11.9. The number of hydrogen-bond donors (Lipinski definition) is 2. The molecule has 0 radical (unpaired) electrons. The van der Waals surface area contributed by atoms with Crippen molar-refractivity contribution in [3.8, 4) is 5.75 Å². The lowest BCUT2D eigenvalue weighted by atomic mass is 10.2. The summed E-state index contributed by atoms with van der Waals surface area (Å²) in [6.45, 7) is 2.13. The van der Waals surface area contributed by atoms with Gasteiger partial charge in [-0.2, -0.15) is 0 Å². The third kappa shape index (κ3) is 4.39. The largest absolute Gasteiger partial charge is 0.495 e. The fourth-order valence-corrected chi connectivity index (χ4v) is 2.10. The number of aryl methyl sites for hydroxylation is 1. The number of methoxy groups -OCH3 is 1. The summed E-state index contributed by atoms with van der Waals surface area (Å²) in [5.41, 5.74) is 2.55. The molecule has 0 saturated heterocycles. The number of hydrogen-bond acceptors (Lipinski definition) is 3. The minimum absolute atomic E-state index is 0.145. The summed E-state index contributed by atoms with van der Waals surface area (Å²) in [5, 5.41) is 6.43. The Morgan fingerprint density at radius 3 is 2.76 bits per heavy atom. The Balaban J connectivity index is 1.96. The van der Waals surface area contributed by atoms with E-state index in [1.807, 2.05) is 25.1 Å². The second kappa shape index (κ2) is 6.99. The number of anilines is 2. The van der Waals surface area contributed by atoms with Gasteiger partial charge in [0, 0.05) is 10.7 Å². The second-order valence-corrected chi connectivity index (χ2v) is 5.05. The molecule has 0 atom stereocenters. The fraction of sp³-hybridized carbons (Fsp3) is 0.188. The minimum atomic E-state index is -0.152. The molecule has 4 nitrogen and oxygen atoms in total. The van der Waals surface area contributed by atoms with Gasteiger partial charge < -0.3 is 15.4 Å². The highest BCUT2D eigenvalue weighted by molar-refractivity contribution is 6.30. The number of carbonyl (C=O) groups is 1. The molecule has 0 aliphatic heterocycles. The maximum absolute atomic E-state index is 11.9. The first-order valence-electron chi connectivity index (χ1n) is 6.52. The van der Waals surface area contributed by atoms with Crippen LogP contribution in [0.15, 0.2) is 42.5 Å². The quantitative estimate of drug-likeness (QED) is 0.885. The van der Waals surface area contributed by atoms with Crippen molar-refractivity contribution < 1.29 is 9.53 Å². The average Bonchev–Trinajstić information content (AvgIpc) is 2.45. The molecule has 110 valence electrons. The molecule has 21 heavy (non-hydrogen) atoms. The van der Waals surface area contributed by atoms with Crippen LogP contribution in [0.4, 0.5) is 11.4 Å². The van der Waals surface area contributed by atoms with E-state index in [2.05, 4.69) is 10.6 Å². The van der Waals surface area contributed by atoms with Crippen LogP contribution in [0, 0.1) is 6.92 Å². The number of halogens is 1.